The van der Waals surface area contributed by atoms with Gasteiger partial charge in [-0.05, 0) is 130 Å². The van der Waals surface area contributed by atoms with E-state index in [0.29, 0.717) is 16.7 Å². The minimum atomic E-state index is 0.309. The molecule has 2 aliphatic carbocycles. The van der Waals surface area contributed by atoms with E-state index in [2.05, 4.69) is 160 Å². The number of hydrogen-bond acceptors (Lipinski definition) is 0. The number of rotatable bonds is 3. The standard InChI is InChI=1S/C48H40/c1-47(2)32-26-27-48(47,3)43(29-32)46-33-17-8-7-16-31(33)28-42-34-22-13-23-36(35(34)24-25-41(42)46)45-39-20-11-9-18-37(39)44(30-14-5-4-6-15-30)38-19-10-12-21-40(38)45/h4-25,28,32,43H,26-27,29H2,1-3H3/t32-,43?,48+/m0/s1. The van der Waals surface area contributed by atoms with Crippen LogP contribution in [0.4, 0.5) is 0 Å². The van der Waals surface area contributed by atoms with Crippen LogP contribution in [-0.4, -0.2) is 0 Å². The first kappa shape index (κ1) is 28.1. The average molecular weight is 617 g/mol. The molecule has 0 heteroatoms. The molecule has 10 rings (SSSR count). The number of hydrogen-bond donors (Lipinski definition) is 0. The Morgan fingerprint density at radius 1 is 0.479 bits per heavy atom. The molecule has 1 unspecified atom stereocenters. The van der Waals surface area contributed by atoms with Crippen LogP contribution in [0, 0.1) is 16.7 Å². The van der Waals surface area contributed by atoms with E-state index in [1.165, 1.54) is 95.4 Å². The normalized spacial score (nSPS) is 21.6. The molecule has 8 aromatic rings. The van der Waals surface area contributed by atoms with Gasteiger partial charge in [0.25, 0.3) is 0 Å². The van der Waals surface area contributed by atoms with Gasteiger partial charge in [0.1, 0.15) is 0 Å². The van der Waals surface area contributed by atoms with Crippen molar-refractivity contribution in [3.63, 3.8) is 0 Å². The molecule has 2 saturated carbocycles. The van der Waals surface area contributed by atoms with Crippen LogP contribution in [-0.2, 0) is 0 Å². The molecule has 8 aromatic carbocycles. The molecular formula is C48H40. The summed E-state index contributed by atoms with van der Waals surface area (Å²) in [6, 6.07) is 52.6. The van der Waals surface area contributed by atoms with Gasteiger partial charge in [0.05, 0.1) is 0 Å². The molecular weight excluding hydrogens is 577 g/mol. The minimum absolute atomic E-state index is 0.309. The second-order valence-electron chi connectivity index (χ2n) is 15.4. The van der Waals surface area contributed by atoms with Crippen LogP contribution < -0.4 is 0 Å². The van der Waals surface area contributed by atoms with Gasteiger partial charge in [-0.1, -0.05) is 154 Å². The molecule has 0 nitrogen and oxygen atoms in total. The summed E-state index contributed by atoms with van der Waals surface area (Å²) in [7, 11) is 0. The molecule has 0 amide bonds. The van der Waals surface area contributed by atoms with E-state index in [1.807, 2.05) is 0 Å². The molecule has 232 valence electrons. The highest BCUT2D eigenvalue weighted by molar-refractivity contribution is 6.25. The maximum absolute atomic E-state index is 2.60. The van der Waals surface area contributed by atoms with Gasteiger partial charge < -0.3 is 0 Å². The van der Waals surface area contributed by atoms with Crippen molar-refractivity contribution >= 4 is 53.9 Å². The summed E-state index contributed by atoms with van der Waals surface area (Å²) < 4.78 is 0. The molecule has 2 aliphatic rings. The summed E-state index contributed by atoms with van der Waals surface area (Å²) in [6.07, 6.45) is 4.01. The quantitative estimate of drug-likeness (QED) is 0.137. The molecule has 0 spiro atoms. The molecule has 48 heavy (non-hydrogen) atoms. The van der Waals surface area contributed by atoms with Crippen molar-refractivity contribution in [3.05, 3.63) is 145 Å². The van der Waals surface area contributed by atoms with Crippen LogP contribution >= 0.6 is 0 Å². The van der Waals surface area contributed by atoms with Gasteiger partial charge in [-0.3, -0.25) is 0 Å². The summed E-state index contributed by atoms with van der Waals surface area (Å²) in [5, 5.41) is 13.5. The fourth-order valence-corrected chi connectivity index (χ4v) is 10.5. The van der Waals surface area contributed by atoms with Crippen LogP contribution in [0.25, 0.3) is 76.1 Å². The van der Waals surface area contributed by atoms with Crippen molar-refractivity contribution in [2.24, 2.45) is 16.7 Å². The van der Waals surface area contributed by atoms with E-state index in [0.717, 1.165) is 5.92 Å². The van der Waals surface area contributed by atoms with Crippen LogP contribution in [0.1, 0.15) is 51.5 Å². The Bertz CT molecular complexity index is 2530. The Balaban J connectivity index is 1.29. The average Bonchev–Trinajstić information content (AvgIpc) is 3.47. The Kier molecular flexibility index (Phi) is 5.88. The maximum atomic E-state index is 2.60. The first-order valence-electron chi connectivity index (χ1n) is 17.8. The van der Waals surface area contributed by atoms with E-state index in [4.69, 9.17) is 0 Å². The van der Waals surface area contributed by atoms with Crippen LogP contribution in [0.15, 0.2) is 140 Å². The molecule has 0 N–H and O–H groups in total. The van der Waals surface area contributed by atoms with E-state index in [9.17, 15) is 0 Å². The third-order valence-electron chi connectivity index (χ3n) is 13.3. The lowest BCUT2D eigenvalue weighted by Gasteiger charge is -2.40. The lowest BCUT2D eigenvalue weighted by atomic mass is 9.64. The van der Waals surface area contributed by atoms with E-state index in [1.54, 1.807) is 5.56 Å². The highest BCUT2D eigenvalue weighted by atomic mass is 14.7. The first-order valence-corrected chi connectivity index (χ1v) is 17.8. The van der Waals surface area contributed by atoms with Crippen LogP contribution in [0.3, 0.4) is 0 Å². The SMILES string of the molecule is CC1(C)[C@H]2CC[C@]1(C)C(c1c3ccccc3cc3c1ccc1c(-c4c5ccccc5c(-c5ccccc5)c5ccccc45)cccc13)C2. The Labute approximate surface area is 283 Å². The van der Waals surface area contributed by atoms with E-state index in [-0.39, 0.29) is 0 Å². The maximum Gasteiger partial charge on any atom is -0.00201 e. The summed E-state index contributed by atoms with van der Waals surface area (Å²) in [6.45, 7) is 7.71. The highest BCUT2D eigenvalue weighted by Crippen LogP contribution is 2.71. The fraction of sp³-hybridized carbons (Fsp3) is 0.208. The Hall–Kier alpha value is -4.94. The third-order valence-corrected chi connectivity index (χ3v) is 13.3. The molecule has 2 fully saturated rings. The first-order chi connectivity index (χ1) is 23.5. The molecule has 0 heterocycles. The Morgan fingerprint density at radius 2 is 1.06 bits per heavy atom. The molecule has 2 bridgehead atoms. The predicted octanol–water partition coefficient (Wildman–Crippen LogP) is 13.7. The van der Waals surface area contributed by atoms with Crippen molar-refractivity contribution in [3.8, 4) is 22.3 Å². The van der Waals surface area contributed by atoms with Gasteiger partial charge in [0.2, 0.25) is 0 Å². The lowest BCUT2D eigenvalue weighted by molar-refractivity contribution is 0.135. The van der Waals surface area contributed by atoms with Gasteiger partial charge in [0.15, 0.2) is 0 Å². The smallest absolute Gasteiger partial charge is 0.00201 e. The summed E-state index contributed by atoms with van der Waals surface area (Å²) in [5.41, 5.74) is 7.48. The lowest BCUT2D eigenvalue weighted by Crippen LogP contribution is -2.31. The van der Waals surface area contributed by atoms with Gasteiger partial charge in [-0.15, -0.1) is 0 Å². The van der Waals surface area contributed by atoms with E-state index >= 15 is 0 Å². The third kappa shape index (κ3) is 3.67. The van der Waals surface area contributed by atoms with Crippen LogP contribution in [0.5, 0.6) is 0 Å². The topological polar surface area (TPSA) is 0 Å². The fourth-order valence-electron chi connectivity index (χ4n) is 10.5. The minimum Gasteiger partial charge on any atom is -0.0622 e. The predicted molar refractivity (Wildman–Crippen MR) is 207 cm³/mol. The molecule has 0 radical (unpaired) electrons. The van der Waals surface area contributed by atoms with Crippen molar-refractivity contribution in [2.75, 3.05) is 0 Å². The van der Waals surface area contributed by atoms with Crippen molar-refractivity contribution < 1.29 is 0 Å². The Morgan fingerprint density at radius 3 is 1.71 bits per heavy atom. The van der Waals surface area contributed by atoms with Crippen LogP contribution in [0.2, 0.25) is 0 Å². The summed E-state index contributed by atoms with van der Waals surface area (Å²) in [5.74, 6) is 1.37. The van der Waals surface area contributed by atoms with Crippen molar-refractivity contribution in [1.29, 1.82) is 0 Å². The van der Waals surface area contributed by atoms with Crippen molar-refractivity contribution in [1.82, 2.24) is 0 Å². The zero-order chi connectivity index (χ0) is 32.2. The second kappa shape index (κ2) is 10.0. The molecule has 0 saturated heterocycles. The zero-order valence-electron chi connectivity index (χ0n) is 28.1. The summed E-state index contributed by atoms with van der Waals surface area (Å²) >= 11 is 0. The van der Waals surface area contributed by atoms with Crippen molar-refractivity contribution in [2.45, 2.75) is 46.0 Å². The molecule has 0 aliphatic heterocycles. The van der Waals surface area contributed by atoms with Gasteiger partial charge >= 0.3 is 0 Å². The molecule has 3 atom stereocenters. The van der Waals surface area contributed by atoms with Gasteiger partial charge in [0, 0.05) is 0 Å². The summed E-state index contributed by atoms with van der Waals surface area (Å²) in [4.78, 5) is 0. The monoisotopic (exact) mass is 616 g/mol. The number of fused-ring (bicyclic) bond motifs is 8. The van der Waals surface area contributed by atoms with Gasteiger partial charge in [-0.2, -0.15) is 0 Å². The zero-order valence-corrected chi connectivity index (χ0v) is 28.1. The second-order valence-corrected chi connectivity index (χ2v) is 15.4. The van der Waals surface area contributed by atoms with Gasteiger partial charge in [-0.25, -0.2) is 0 Å². The largest absolute Gasteiger partial charge is 0.0622 e. The number of benzene rings is 8. The van der Waals surface area contributed by atoms with E-state index < -0.39 is 0 Å². The molecule has 0 aromatic heterocycles. The highest BCUT2D eigenvalue weighted by Gasteiger charge is 2.61.